The summed E-state index contributed by atoms with van der Waals surface area (Å²) in [6.45, 7) is 4.14. The fourth-order valence-electron chi connectivity index (χ4n) is 3.14. The third kappa shape index (κ3) is 4.35. The Balaban J connectivity index is 1.29. The van der Waals surface area contributed by atoms with Crippen molar-refractivity contribution in [3.63, 3.8) is 0 Å². The summed E-state index contributed by atoms with van der Waals surface area (Å²) in [7, 11) is 0. The normalized spacial score (nSPS) is 15.0. The van der Waals surface area contributed by atoms with E-state index in [1.165, 1.54) is 10.4 Å². The van der Waals surface area contributed by atoms with Gasteiger partial charge in [0.2, 0.25) is 11.7 Å². The van der Waals surface area contributed by atoms with E-state index in [0.717, 1.165) is 25.2 Å². The van der Waals surface area contributed by atoms with Crippen LogP contribution in [0.1, 0.15) is 5.56 Å². The lowest BCUT2D eigenvalue weighted by Crippen LogP contribution is -2.49. The molecule has 27 heavy (non-hydrogen) atoms. The lowest BCUT2D eigenvalue weighted by atomic mass is 10.2. The van der Waals surface area contributed by atoms with E-state index < -0.39 is 0 Å². The Labute approximate surface area is 157 Å². The molecular formula is C19H21N7O. The monoisotopic (exact) mass is 363 g/mol. The number of carbonyl (C=O) groups excluding carboxylic acids is 1. The average Bonchev–Trinajstić information content (AvgIpc) is 3.18. The number of carbonyl (C=O) groups is 1. The van der Waals surface area contributed by atoms with Crippen LogP contribution < -0.4 is 0 Å². The zero-order valence-corrected chi connectivity index (χ0v) is 15.0. The van der Waals surface area contributed by atoms with Crippen LogP contribution in [-0.4, -0.2) is 67.1 Å². The highest BCUT2D eigenvalue weighted by Crippen LogP contribution is 2.12. The molecule has 1 amide bonds. The number of piperazine rings is 1. The minimum absolute atomic E-state index is 0.0237. The molecule has 1 aliphatic heterocycles. The third-order valence-corrected chi connectivity index (χ3v) is 4.64. The van der Waals surface area contributed by atoms with Gasteiger partial charge in [-0.2, -0.15) is 4.80 Å². The molecule has 1 fully saturated rings. The van der Waals surface area contributed by atoms with Gasteiger partial charge in [0, 0.05) is 50.7 Å². The summed E-state index contributed by atoms with van der Waals surface area (Å²) in [5.74, 6) is 0.557. The number of tetrazole rings is 1. The number of aromatic nitrogens is 5. The highest BCUT2D eigenvalue weighted by Gasteiger charge is 2.22. The number of nitrogens with zero attached hydrogens (tertiary/aromatic N) is 7. The molecule has 0 aliphatic carbocycles. The van der Waals surface area contributed by atoms with E-state index in [4.69, 9.17) is 0 Å². The van der Waals surface area contributed by atoms with E-state index in [-0.39, 0.29) is 12.5 Å². The number of rotatable bonds is 5. The van der Waals surface area contributed by atoms with Gasteiger partial charge in [-0.25, -0.2) is 0 Å². The van der Waals surface area contributed by atoms with Gasteiger partial charge in [0.1, 0.15) is 6.54 Å². The summed E-state index contributed by atoms with van der Waals surface area (Å²) in [6.07, 6.45) is 3.62. The van der Waals surface area contributed by atoms with Crippen molar-refractivity contribution < 1.29 is 4.79 Å². The molecule has 0 atom stereocenters. The first-order valence-corrected chi connectivity index (χ1v) is 9.00. The van der Waals surface area contributed by atoms with Crippen molar-refractivity contribution >= 4 is 5.91 Å². The predicted octanol–water partition coefficient (Wildman–Crippen LogP) is 1.08. The first-order chi connectivity index (χ1) is 13.3. The average molecular weight is 363 g/mol. The molecule has 1 saturated heterocycles. The summed E-state index contributed by atoms with van der Waals surface area (Å²) < 4.78 is 0. The minimum atomic E-state index is 0.0237. The number of pyridine rings is 1. The SMILES string of the molecule is O=C(Cn1nnc(-c2ccccc2)n1)N1CCN(Cc2ccncc2)CC1. The third-order valence-electron chi connectivity index (χ3n) is 4.64. The van der Waals surface area contributed by atoms with Crippen molar-refractivity contribution in [1.29, 1.82) is 0 Å². The van der Waals surface area contributed by atoms with E-state index in [2.05, 4.69) is 25.3 Å². The zero-order valence-electron chi connectivity index (χ0n) is 15.0. The molecule has 3 heterocycles. The summed E-state index contributed by atoms with van der Waals surface area (Å²) in [5.41, 5.74) is 2.13. The van der Waals surface area contributed by atoms with Crippen molar-refractivity contribution in [2.24, 2.45) is 0 Å². The molecule has 8 nitrogen and oxygen atoms in total. The molecule has 0 N–H and O–H groups in total. The standard InChI is InChI=1S/C19H21N7O/c27-18(15-26-22-19(21-23-26)17-4-2-1-3-5-17)25-12-10-24(11-13-25)14-16-6-8-20-9-7-16/h1-9H,10-15H2. The van der Waals surface area contributed by atoms with Crippen LogP contribution >= 0.6 is 0 Å². The van der Waals surface area contributed by atoms with Gasteiger partial charge in [-0.05, 0) is 22.9 Å². The molecule has 1 aliphatic rings. The first-order valence-electron chi connectivity index (χ1n) is 9.00. The lowest BCUT2D eigenvalue weighted by Gasteiger charge is -2.34. The van der Waals surface area contributed by atoms with Crippen molar-refractivity contribution in [3.05, 3.63) is 60.4 Å². The first kappa shape index (κ1) is 17.3. The van der Waals surface area contributed by atoms with Gasteiger partial charge in [0.25, 0.3) is 0 Å². The fraction of sp³-hybridized carbons (Fsp3) is 0.316. The highest BCUT2D eigenvalue weighted by molar-refractivity contribution is 5.76. The number of hydrogen-bond acceptors (Lipinski definition) is 6. The summed E-state index contributed by atoms with van der Waals surface area (Å²) in [5, 5.41) is 12.4. The molecule has 0 unspecified atom stereocenters. The topological polar surface area (TPSA) is 80.0 Å². The second kappa shape index (κ2) is 8.05. The van der Waals surface area contributed by atoms with E-state index in [9.17, 15) is 4.79 Å². The smallest absolute Gasteiger partial charge is 0.246 e. The number of amides is 1. The van der Waals surface area contributed by atoms with Crippen LogP contribution in [0, 0.1) is 0 Å². The summed E-state index contributed by atoms with van der Waals surface area (Å²) in [4.78, 5) is 22.2. The molecule has 0 spiro atoms. The van der Waals surface area contributed by atoms with Crippen molar-refractivity contribution in [1.82, 2.24) is 35.0 Å². The van der Waals surface area contributed by atoms with Crippen LogP contribution in [0.3, 0.4) is 0 Å². The Kier molecular flexibility index (Phi) is 5.15. The van der Waals surface area contributed by atoms with Gasteiger partial charge >= 0.3 is 0 Å². The minimum Gasteiger partial charge on any atom is -0.338 e. The van der Waals surface area contributed by atoms with Gasteiger partial charge in [-0.15, -0.1) is 10.2 Å². The molecule has 2 aromatic heterocycles. The molecule has 0 radical (unpaired) electrons. The van der Waals surface area contributed by atoms with Crippen LogP contribution in [0.2, 0.25) is 0 Å². The molecule has 0 saturated carbocycles. The maximum atomic E-state index is 12.5. The van der Waals surface area contributed by atoms with Crippen LogP contribution in [0.5, 0.6) is 0 Å². The second-order valence-corrected chi connectivity index (χ2v) is 6.52. The summed E-state index contributed by atoms with van der Waals surface area (Å²) >= 11 is 0. The molecule has 3 aromatic rings. The van der Waals surface area contributed by atoms with Gasteiger partial charge in [0.15, 0.2) is 0 Å². The van der Waals surface area contributed by atoms with Crippen molar-refractivity contribution in [2.45, 2.75) is 13.1 Å². The molecule has 138 valence electrons. The van der Waals surface area contributed by atoms with Crippen LogP contribution in [0.15, 0.2) is 54.9 Å². The Morgan fingerprint density at radius 1 is 0.963 bits per heavy atom. The van der Waals surface area contributed by atoms with Crippen molar-refractivity contribution in [3.8, 4) is 11.4 Å². The molecule has 4 rings (SSSR count). The maximum Gasteiger partial charge on any atom is 0.246 e. The quantitative estimate of drug-likeness (QED) is 0.675. The predicted molar refractivity (Wildman–Crippen MR) is 99.3 cm³/mol. The number of benzene rings is 1. The molecule has 0 bridgehead atoms. The molecule has 8 heteroatoms. The Morgan fingerprint density at radius 3 is 2.44 bits per heavy atom. The van der Waals surface area contributed by atoms with Crippen LogP contribution in [-0.2, 0) is 17.9 Å². The molecule has 1 aromatic carbocycles. The van der Waals surface area contributed by atoms with Gasteiger partial charge in [0.05, 0.1) is 0 Å². The van der Waals surface area contributed by atoms with Gasteiger partial charge in [-0.3, -0.25) is 14.7 Å². The lowest BCUT2D eigenvalue weighted by molar-refractivity contribution is -0.134. The van der Waals surface area contributed by atoms with Gasteiger partial charge in [-0.1, -0.05) is 30.3 Å². The Bertz CT molecular complexity index is 873. The Morgan fingerprint density at radius 2 is 1.70 bits per heavy atom. The second-order valence-electron chi connectivity index (χ2n) is 6.52. The van der Waals surface area contributed by atoms with Crippen LogP contribution in [0.4, 0.5) is 0 Å². The largest absolute Gasteiger partial charge is 0.338 e. The molecular weight excluding hydrogens is 342 g/mol. The van der Waals surface area contributed by atoms with E-state index in [1.807, 2.05) is 59.8 Å². The highest BCUT2D eigenvalue weighted by atomic mass is 16.2. The summed E-state index contributed by atoms with van der Waals surface area (Å²) in [6, 6.07) is 13.7. The maximum absolute atomic E-state index is 12.5. The fourth-order valence-corrected chi connectivity index (χ4v) is 3.14. The number of hydrogen-bond donors (Lipinski definition) is 0. The van der Waals surface area contributed by atoms with E-state index in [1.54, 1.807) is 0 Å². The Hall–Kier alpha value is -3.13. The van der Waals surface area contributed by atoms with E-state index >= 15 is 0 Å². The van der Waals surface area contributed by atoms with Crippen molar-refractivity contribution in [2.75, 3.05) is 26.2 Å². The zero-order chi connectivity index (χ0) is 18.5. The van der Waals surface area contributed by atoms with Gasteiger partial charge < -0.3 is 4.90 Å². The van der Waals surface area contributed by atoms with Crippen LogP contribution in [0.25, 0.3) is 11.4 Å². The van der Waals surface area contributed by atoms with E-state index in [0.29, 0.717) is 18.9 Å².